The minimum absolute atomic E-state index is 0.130. The summed E-state index contributed by atoms with van der Waals surface area (Å²) in [5.41, 5.74) is 0.130. The Hall–Kier alpha value is -0.450. The Morgan fingerprint density at radius 3 is 2.67 bits per heavy atom. The maximum absolute atomic E-state index is 13.3. The van der Waals surface area contributed by atoms with E-state index < -0.39 is 18.0 Å². The van der Waals surface area contributed by atoms with Crippen LogP contribution in [0.1, 0.15) is 31.4 Å². The largest absolute Gasteiger partial charge is 0.390 e. The van der Waals surface area contributed by atoms with Crippen molar-refractivity contribution in [1.82, 2.24) is 0 Å². The van der Waals surface area contributed by atoms with Crippen LogP contribution in [-0.2, 0) is 0 Å². The van der Waals surface area contributed by atoms with Gasteiger partial charge in [0, 0.05) is 10.0 Å². The lowest BCUT2D eigenvalue weighted by Crippen LogP contribution is -2.18. The van der Waals surface area contributed by atoms with Gasteiger partial charge in [-0.1, -0.05) is 29.3 Å². The van der Waals surface area contributed by atoms with Gasteiger partial charge in [0.25, 0.3) is 0 Å². The second-order valence-corrected chi connectivity index (χ2v) is 4.38. The minimum Gasteiger partial charge on any atom is -0.390 e. The van der Waals surface area contributed by atoms with E-state index in [9.17, 15) is 14.6 Å². The molecule has 0 heterocycles. The van der Waals surface area contributed by atoms with Crippen molar-refractivity contribution in [2.24, 2.45) is 0 Å². The minimum atomic E-state index is -1.16. The second-order valence-electron chi connectivity index (χ2n) is 3.47. The molecule has 0 radical (unpaired) electrons. The Balaban J connectivity index is 2.89. The van der Waals surface area contributed by atoms with E-state index in [1.807, 2.05) is 6.92 Å². The molecule has 2 atom stereocenters. The molecule has 1 aromatic rings. The van der Waals surface area contributed by atoms with Crippen LogP contribution < -0.4 is 0 Å². The Morgan fingerprint density at radius 2 is 2.07 bits per heavy atom. The van der Waals surface area contributed by atoms with Gasteiger partial charge in [-0.2, -0.15) is 0 Å². The quantitative estimate of drug-likeness (QED) is 0.888. The first kappa shape index (κ1) is 12.6. The third kappa shape index (κ3) is 3.26. The fourth-order valence-corrected chi connectivity index (χ4v) is 1.78. The van der Waals surface area contributed by atoms with Crippen LogP contribution >= 0.6 is 15.9 Å². The first-order valence-electron chi connectivity index (χ1n) is 4.87. The molecule has 0 aliphatic heterocycles. The van der Waals surface area contributed by atoms with Crippen LogP contribution in [0.3, 0.4) is 0 Å². The Kier molecular flexibility index (Phi) is 4.70. The van der Waals surface area contributed by atoms with Crippen LogP contribution in [0.5, 0.6) is 0 Å². The van der Waals surface area contributed by atoms with E-state index >= 15 is 0 Å². The number of rotatable bonds is 4. The summed E-state index contributed by atoms with van der Waals surface area (Å²) >= 11 is 3.19. The van der Waals surface area contributed by atoms with Crippen molar-refractivity contribution in [2.75, 3.05) is 0 Å². The molecule has 1 aromatic carbocycles. The summed E-state index contributed by atoms with van der Waals surface area (Å²) in [6.07, 6.45) is -0.887. The van der Waals surface area contributed by atoms with Gasteiger partial charge < -0.3 is 10.2 Å². The van der Waals surface area contributed by atoms with Gasteiger partial charge in [-0.05, 0) is 24.6 Å². The van der Waals surface area contributed by atoms with Gasteiger partial charge in [-0.3, -0.25) is 0 Å². The smallest absolute Gasteiger partial charge is 0.129 e. The third-order valence-corrected chi connectivity index (χ3v) is 2.72. The van der Waals surface area contributed by atoms with Gasteiger partial charge in [0.1, 0.15) is 11.9 Å². The molecule has 0 aliphatic rings. The predicted molar refractivity (Wildman–Crippen MR) is 60.0 cm³/mol. The summed E-state index contributed by atoms with van der Waals surface area (Å²) in [4.78, 5) is 0. The molecule has 4 heteroatoms. The molecular formula is C11H14BrFO2. The normalized spacial score (nSPS) is 15.0. The zero-order valence-corrected chi connectivity index (χ0v) is 10.0. The lowest BCUT2D eigenvalue weighted by molar-refractivity contribution is 0.0110. The Labute approximate surface area is 96.9 Å². The van der Waals surface area contributed by atoms with Gasteiger partial charge in [-0.15, -0.1) is 0 Å². The number of hydrogen-bond donors (Lipinski definition) is 2. The molecule has 0 spiro atoms. The van der Waals surface area contributed by atoms with Gasteiger partial charge in [0.15, 0.2) is 0 Å². The topological polar surface area (TPSA) is 40.5 Å². The molecule has 0 saturated carbocycles. The molecule has 2 nitrogen and oxygen atoms in total. The van der Waals surface area contributed by atoms with Crippen molar-refractivity contribution in [3.8, 4) is 0 Å². The van der Waals surface area contributed by atoms with E-state index in [0.717, 1.165) is 6.42 Å². The van der Waals surface area contributed by atoms with Crippen molar-refractivity contribution in [3.05, 3.63) is 34.1 Å². The van der Waals surface area contributed by atoms with Crippen molar-refractivity contribution in [2.45, 2.75) is 32.0 Å². The number of halogens is 2. The van der Waals surface area contributed by atoms with Crippen molar-refractivity contribution < 1.29 is 14.6 Å². The molecule has 15 heavy (non-hydrogen) atoms. The number of aliphatic hydroxyl groups excluding tert-OH is 2. The zero-order chi connectivity index (χ0) is 11.4. The highest BCUT2D eigenvalue weighted by atomic mass is 79.9. The highest BCUT2D eigenvalue weighted by Crippen LogP contribution is 2.25. The van der Waals surface area contributed by atoms with E-state index in [2.05, 4.69) is 15.9 Å². The summed E-state index contributed by atoms with van der Waals surface area (Å²) < 4.78 is 14.0. The van der Waals surface area contributed by atoms with E-state index in [0.29, 0.717) is 10.9 Å². The number of aliphatic hydroxyl groups is 2. The summed E-state index contributed by atoms with van der Waals surface area (Å²) in [7, 11) is 0. The third-order valence-electron chi connectivity index (χ3n) is 2.23. The van der Waals surface area contributed by atoms with Crippen molar-refractivity contribution >= 4 is 15.9 Å². The molecule has 1 rings (SSSR count). The van der Waals surface area contributed by atoms with E-state index in [1.54, 1.807) is 6.07 Å². The first-order chi connectivity index (χ1) is 7.06. The Morgan fingerprint density at radius 1 is 1.40 bits per heavy atom. The van der Waals surface area contributed by atoms with Crippen LogP contribution in [0.4, 0.5) is 4.39 Å². The molecular weight excluding hydrogens is 263 g/mol. The van der Waals surface area contributed by atoms with Gasteiger partial charge >= 0.3 is 0 Å². The average Bonchev–Trinajstić information content (AvgIpc) is 2.21. The molecule has 84 valence electrons. The highest BCUT2D eigenvalue weighted by molar-refractivity contribution is 9.10. The van der Waals surface area contributed by atoms with Crippen LogP contribution in [0.25, 0.3) is 0 Å². The average molecular weight is 277 g/mol. The summed E-state index contributed by atoms with van der Waals surface area (Å²) in [5.74, 6) is -0.499. The Bertz CT molecular complexity index is 330. The van der Waals surface area contributed by atoms with Crippen LogP contribution in [-0.4, -0.2) is 16.3 Å². The van der Waals surface area contributed by atoms with Crippen molar-refractivity contribution in [1.29, 1.82) is 0 Å². The van der Waals surface area contributed by atoms with Crippen LogP contribution in [0.15, 0.2) is 22.7 Å². The molecule has 0 aliphatic carbocycles. The van der Waals surface area contributed by atoms with Gasteiger partial charge in [0.05, 0.1) is 6.10 Å². The monoisotopic (exact) mass is 276 g/mol. The zero-order valence-electron chi connectivity index (χ0n) is 8.45. The molecule has 0 saturated heterocycles. The summed E-state index contributed by atoms with van der Waals surface area (Å²) in [6.45, 7) is 1.90. The van der Waals surface area contributed by atoms with E-state index in [4.69, 9.17) is 0 Å². The highest BCUT2D eigenvalue weighted by Gasteiger charge is 2.20. The van der Waals surface area contributed by atoms with Crippen LogP contribution in [0.2, 0.25) is 0 Å². The summed E-state index contributed by atoms with van der Waals surface area (Å²) in [5, 5.41) is 19.3. The van der Waals surface area contributed by atoms with E-state index in [1.165, 1.54) is 12.1 Å². The van der Waals surface area contributed by atoms with Crippen molar-refractivity contribution in [3.63, 3.8) is 0 Å². The van der Waals surface area contributed by atoms with Gasteiger partial charge in [-0.25, -0.2) is 4.39 Å². The maximum Gasteiger partial charge on any atom is 0.129 e. The van der Waals surface area contributed by atoms with Gasteiger partial charge in [0.2, 0.25) is 0 Å². The molecule has 0 aromatic heterocycles. The molecule has 0 bridgehead atoms. The maximum atomic E-state index is 13.3. The number of hydrogen-bond acceptors (Lipinski definition) is 2. The fourth-order valence-electron chi connectivity index (χ4n) is 1.40. The summed E-state index contributed by atoms with van der Waals surface area (Å²) in [6, 6.07) is 4.30. The molecule has 0 fully saturated rings. The fraction of sp³-hybridized carbons (Fsp3) is 0.455. The second kappa shape index (κ2) is 5.58. The lowest BCUT2D eigenvalue weighted by atomic mass is 10.0. The molecule has 0 amide bonds. The number of benzene rings is 1. The predicted octanol–water partition coefficient (Wildman–Crippen LogP) is 2.78. The lowest BCUT2D eigenvalue weighted by Gasteiger charge is -2.18. The molecule has 2 N–H and O–H groups in total. The SMILES string of the molecule is CCCC(O)C(O)c1cc(Br)ccc1F. The van der Waals surface area contributed by atoms with Crippen LogP contribution in [0, 0.1) is 5.82 Å². The standard InChI is InChI=1S/C11H14BrFO2/c1-2-3-10(14)11(15)8-6-7(12)4-5-9(8)13/h4-6,10-11,14-15H,2-3H2,1H3. The van der Waals surface area contributed by atoms with E-state index in [-0.39, 0.29) is 5.56 Å². The molecule has 2 unspecified atom stereocenters. The first-order valence-corrected chi connectivity index (χ1v) is 5.66.